The van der Waals surface area contributed by atoms with E-state index < -0.39 is 0 Å². The van der Waals surface area contributed by atoms with Crippen molar-refractivity contribution < 1.29 is 4.79 Å². The van der Waals surface area contributed by atoms with E-state index in [0.29, 0.717) is 19.0 Å². The highest BCUT2D eigenvalue weighted by Gasteiger charge is 2.19. The first-order chi connectivity index (χ1) is 10.2. The van der Waals surface area contributed by atoms with Gasteiger partial charge in [0, 0.05) is 31.2 Å². The molecule has 1 aromatic carbocycles. The number of hydrogen-bond donors (Lipinski definition) is 2. The second-order valence-corrected chi connectivity index (χ2v) is 5.95. The summed E-state index contributed by atoms with van der Waals surface area (Å²) in [7, 11) is 2.19. The minimum absolute atomic E-state index is 0.00901. The Hall–Kier alpha value is -1.39. The van der Waals surface area contributed by atoms with Crippen LogP contribution in [-0.4, -0.2) is 30.4 Å². The van der Waals surface area contributed by atoms with Crippen LogP contribution in [-0.2, 0) is 11.3 Å². The number of nitrogens with two attached hydrogens (primary N) is 1. The first kappa shape index (κ1) is 16.0. The molecule has 0 aliphatic heterocycles. The van der Waals surface area contributed by atoms with Crippen LogP contribution in [0, 0.1) is 0 Å². The van der Waals surface area contributed by atoms with E-state index >= 15 is 0 Å². The van der Waals surface area contributed by atoms with Gasteiger partial charge < -0.3 is 11.1 Å². The zero-order chi connectivity index (χ0) is 15.1. The third kappa shape index (κ3) is 4.83. The molecule has 2 rings (SSSR count). The highest BCUT2D eigenvalue weighted by molar-refractivity contribution is 5.91. The third-order valence-corrected chi connectivity index (χ3v) is 4.28. The molecule has 0 radical (unpaired) electrons. The Morgan fingerprint density at radius 3 is 2.71 bits per heavy atom. The molecule has 0 saturated heterocycles. The molecule has 0 aromatic heterocycles. The normalized spacial score (nSPS) is 16.1. The predicted octanol–water partition coefficient (Wildman–Crippen LogP) is 2.74. The van der Waals surface area contributed by atoms with Crippen LogP contribution in [0.25, 0.3) is 0 Å². The summed E-state index contributed by atoms with van der Waals surface area (Å²) in [6.07, 6.45) is 6.99. The molecule has 0 atom stereocenters. The maximum atomic E-state index is 11.7. The lowest BCUT2D eigenvalue weighted by Crippen LogP contribution is -2.33. The Kier molecular flexibility index (Phi) is 6.21. The fourth-order valence-corrected chi connectivity index (χ4v) is 3.04. The smallest absolute Gasteiger partial charge is 0.225 e. The number of carbonyl (C=O) groups is 1. The van der Waals surface area contributed by atoms with Gasteiger partial charge >= 0.3 is 0 Å². The van der Waals surface area contributed by atoms with Gasteiger partial charge in [0.2, 0.25) is 5.91 Å². The second kappa shape index (κ2) is 8.15. The van der Waals surface area contributed by atoms with E-state index in [9.17, 15) is 4.79 Å². The molecule has 21 heavy (non-hydrogen) atoms. The molecule has 1 saturated carbocycles. The van der Waals surface area contributed by atoms with Crippen molar-refractivity contribution in [1.29, 1.82) is 0 Å². The van der Waals surface area contributed by atoms with E-state index in [-0.39, 0.29) is 5.91 Å². The molecular weight excluding hydrogens is 262 g/mol. The topological polar surface area (TPSA) is 58.4 Å². The van der Waals surface area contributed by atoms with Crippen LogP contribution in [0.15, 0.2) is 24.3 Å². The SMILES string of the molecule is CN(Cc1ccccc1NC(=O)CCN)C1CCCCC1. The molecule has 1 amide bonds. The maximum Gasteiger partial charge on any atom is 0.225 e. The minimum atomic E-state index is -0.00901. The molecule has 1 aromatic rings. The Balaban J connectivity index is 2.00. The van der Waals surface area contributed by atoms with Crippen molar-refractivity contribution in [3.8, 4) is 0 Å². The number of benzene rings is 1. The van der Waals surface area contributed by atoms with E-state index in [1.807, 2.05) is 18.2 Å². The van der Waals surface area contributed by atoms with Crippen LogP contribution < -0.4 is 11.1 Å². The molecule has 0 spiro atoms. The van der Waals surface area contributed by atoms with Gasteiger partial charge in [-0.2, -0.15) is 0 Å². The maximum absolute atomic E-state index is 11.7. The Labute approximate surface area is 127 Å². The number of nitrogens with zero attached hydrogens (tertiary/aromatic N) is 1. The van der Waals surface area contributed by atoms with Gasteiger partial charge in [0.15, 0.2) is 0 Å². The number of para-hydroxylation sites is 1. The number of carbonyl (C=O) groups excluding carboxylic acids is 1. The van der Waals surface area contributed by atoms with Gasteiger partial charge in [-0.05, 0) is 31.5 Å². The molecule has 4 heteroatoms. The number of anilines is 1. The Morgan fingerprint density at radius 2 is 2.00 bits per heavy atom. The largest absolute Gasteiger partial charge is 0.330 e. The molecule has 0 unspecified atom stereocenters. The van der Waals surface area contributed by atoms with Crippen LogP contribution in [0.3, 0.4) is 0 Å². The lowest BCUT2D eigenvalue weighted by molar-refractivity contribution is -0.116. The van der Waals surface area contributed by atoms with Gasteiger partial charge in [-0.1, -0.05) is 37.5 Å². The lowest BCUT2D eigenvalue weighted by atomic mass is 9.94. The number of rotatable bonds is 6. The summed E-state index contributed by atoms with van der Waals surface area (Å²) < 4.78 is 0. The number of hydrogen-bond acceptors (Lipinski definition) is 3. The quantitative estimate of drug-likeness (QED) is 0.846. The van der Waals surface area contributed by atoms with Gasteiger partial charge in [-0.15, -0.1) is 0 Å². The first-order valence-corrected chi connectivity index (χ1v) is 7.98. The van der Waals surface area contributed by atoms with E-state index in [0.717, 1.165) is 12.2 Å². The fourth-order valence-electron chi connectivity index (χ4n) is 3.04. The summed E-state index contributed by atoms with van der Waals surface area (Å²) >= 11 is 0. The standard InChI is InChI=1S/C17H27N3O/c1-20(15-8-3-2-4-9-15)13-14-7-5-6-10-16(14)19-17(21)11-12-18/h5-7,10,15H,2-4,8-9,11-13,18H2,1H3,(H,19,21). The molecule has 1 fully saturated rings. The Morgan fingerprint density at radius 1 is 1.29 bits per heavy atom. The molecule has 116 valence electrons. The summed E-state index contributed by atoms with van der Waals surface area (Å²) in [5.41, 5.74) is 7.52. The van der Waals surface area contributed by atoms with Gasteiger partial charge in [-0.3, -0.25) is 9.69 Å². The van der Waals surface area contributed by atoms with Crippen molar-refractivity contribution in [2.75, 3.05) is 18.9 Å². The van der Waals surface area contributed by atoms with Crippen molar-refractivity contribution in [2.45, 2.75) is 51.1 Å². The zero-order valence-electron chi connectivity index (χ0n) is 13.0. The van der Waals surface area contributed by atoms with Crippen molar-refractivity contribution in [2.24, 2.45) is 5.73 Å². The summed E-state index contributed by atoms with van der Waals surface area (Å²) in [5, 5.41) is 2.97. The van der Waals surface area contributed by atoms with E-state index in [1.54, 1.807) is 0 Å². The monoisotopic (exact) mass is 289 g/mol. The van der Waals surface area contributed by atoms with Crippen LogP contribution in [0.4, 0.5) is 5.69 Å². The molecule has 0 bridgehead atoms. The van der Waals surface area contributed by atoms with E-state index in [2.05, 4.69) is 23.3 Å². The molecule has 1 aliphatic carbocycles. The van der Waals surface area contributed by atoms with Gasteiger partial charge in [0.05, 0.1) is 0 Å². The van der Waals surface area contributed by atoms with Gasteiger partial charge in [-0.25, -0.2) is 0 Å². The van der Waals surface area contributed by atoms with Gasteiger partial charge in [0.25, 0.3) is 0 Å². The third-order valence-electron chi connectivity index (χ3n) is 4.28. The van der Waals surface area contributed by atoms with E-state index in [4.69, 9.17) is 5.73 Å². The van der Waals surface area contributed by atoms with Crippen molar-refractivity contribution >= 4 is 11.6 Å². The second-order valence-electron chi connectivity index (χ2n) is 5.95. The first-order valence-electron chi connectivity index (χ1n) is 7.98. The van der Waals surface area contributed by atoms with E-state index in [1.165, 1.54) is 37.7 Å². The summed E-state index contributed by atoms with van der Waals surface area (Å²) in [5.74, 6) is -0.00901. The lowest BCUT2D eigenvalue weighted by Gasteiger charge is -2.31. The van der Waals surface area contributed by atoms with Crippen molar-refractivity contribution in [1.82, 2.24) is 4.90 Å². The van der Waals surface area contributed by atoms with Crippen LogP contribution >= 0.6 is 0 Å². The average molecular weight is 289 g/mol. The van der Waals surface area contributed by atoms with Crippen LogP contribution in [0.5, 0.6) is 0 Å². The molecule has 3 N–H and O–H groups in total. The minimum Gasteiger partial charge on any atom is -0.330 e. The number of nitrogens with one attached hydrogen (secondary N) is 1. The summed E-state index contributed by atoms with van der Waals surface area (Å²) in [6.45, 7) is 1.26. The predicted molar refractivity (Wildman–Crippen MR) is 87.1 cm³/mol. The molecule has 4 nitrogen and oxygen atoms in total. The number of amides is 1. The van der Waals surface area contributed by atoms with Gasteiger partial charge in [0.1, 0.15) is 0 Å². The zero-order valence-corrected chi connectivity index (χ0v) is 13.0. The van der Waals surface area contributed by atoms with Crippen molar-refractivity contribution in [3.05, 3.63) is 29.8 Å². The van der Waals surface area contributed by atoms with Crippen molar-refractivity contribution in [3.63, 3.8) is 0 Å². The average Bonchev–Trinajstić information content (AvgIpc) is 2.50. The summed E-state index contributed by atoms with van der Waals surface area (Å²) in [6, 6.07) is 8.73. The molecular formula is C17H27N3O. The van der Waals surface area contributed by atoms with Crippen LogP contribution in [0.2, 0.25) is 0 Å². The fraction of sp³-hybridized carbons (Fsp3) is 0.588. The highest BCUT2D eigenvalue weighted by Crippen LogP contribution is 2.24. The highest BCUT2D eigenvalue weighted by atomic mass is 16.1. The molecule has 0 heterocycles. The summed E-state index contributed by atoms with van der Waals surface area (Å²) in [4.78, 5) is 14.2. The van der Waals surface area contributed by atoms with Crippen LogP contribution in [0.1, 0.15) is 44.1 Å². The Bertz CT molecular complexity index is 455. The molecule has 1 aliphatic rings.